The van der Waals surface area contributed by atoms with Crippen molar-refractivity contribution < 1.29 is 0 Å². The van der Waals surface area contributed by atoms with E-state index in [1.165, 1.54) is 49.4 Å². The van der Waals surface area contributed by atoms with Crippen LogP contribution in [0.4, 0.5) is 0 Å². The second-order valence-electron chi connectivity index (χ2n) is 4.85. The van der Waals surface area contributed by atoms with Crippen molar-refractivity contribution in [1.82, 2.24) is 20.4 Å². The number of fused-ring (bicyclic) bond motifs is 1. The molecule has 2 aliphatic rings. The van der Waals surface area contributed by atoms with Crippen molar-refractivity contribution in [3.8, 4) is 0 Å². The van der Waals surface area contributed by atoms with Crippen LogP contribution in [0, 0.1) is 0 Å². The molecule has 0 spiro atoms. The lowest BCUT2D eigenvalue weighted by Gasteiger charge is -2.15. The van der Waals surface area contributed by atoms with Crippen LogP contribution >= 0.6 is 0 Å². The SMILES string of the molecule is C1CCN(CCc2n[nH]c3c2CCNC3)C1. The molecule has 2 N–H and O–H groups in total. The molecule has 0 amide bonds. The fraction of sp³-hybridized carbons (Fsp3) is 0.750. The van der Waals surface area contributed by atoms with Gasteiger partial charge >= 0.3 is 0 Å². The average molecular weight is 220 g/mol. The third-order valence-corrected chi connectivity index (χ3v) is 3.76. The van der Waals surface area contributed by atoms with E-state index in [-0.39, 0.29) is 0 Å². The highest BCUT2D eigenvalue weighted by atomic mass is 15.2. The Morgan fingerprint density at radius 2 is 2.12 bits per heavy atom. The fourth-order valence-corrected chi connectivity index (χ4v) is 2.79. The van der Waals surface area contributed by atoms with E-state index < -0.39 is 0 Å². The van der Waals surface area contributed by atoms with Crippen molar-refractivity contribution >= 4 is 0 Å². The zero-order valence-electron chi connectivity index (χ0n) is 9.76. The van der Waals surface area contributed by atoms with Gasteiger partial charge in [0.05, 0.1) is 11.4 Å². The van der Waals surface area contributed by atoms with Crippen molar-refractivity contribution in [2.75, 3.05) is 26.2 Å². The molecular formula is C12H20N4. The smallest absolute Gasteiger partial charge is 0.0670 e. The molecule has 0 radical (unpaired) electrons. The first-order valence-corrected chi connectivity index (χ1v) is 6.41. The molecule has 88 valence electrons. The van der Waals surface area contributed by atoms with Gasteiger partial charge in [-0.25, -0.2) is 0 Å². The lowest BCUT2D eigenvalue weighted by atomic mass is 10.0. The largest absolute Gasteiger partial charge is 0.311 e. The van der Waals surface area contributed by atoms with E-state index in [9.17, 15) is 0 Å². The summed E-state index contributed by atoms with van der Waals surface area (Å²) in [4.78, 5) is 2.56. The average Bonchev–Trinajstić information content (AvgIpc) is 2.96. The lowest BCUT2D eigenvalue weighted by molar-refractivity contribution is 0.342. The predicted octanol–water partition coefficient (Wildman–Crippen LogP) is 0.694. The summed E-state index contributed by atoms with van der Waals surface area (Å²) in [6.45, 7) is 5.82. The van der Waals surface area contributed by atoms with E-state index in [1.807, 2.05) is 0 Å². The number of H-pyrrole nitrogens is 1. The van der Waals surface area contributed by atoms with E-state index >= 15 is 0 Å². The van der Waals surface area contributed by atoms with Crippen LogP contribution in [-0.4, -0.2) is 41.3 Å². The lowest BCUT2D eigenvalue weighted by Crippen LogP contribution is -2.25. The number of rotatable bonds is 3. The minimum absolute atomic E-state index is 0.964. The Balaban J connectivity index is 1.63. The van der Waals surface area contributed by atoms with E-state index in [0.29, 0.717) is 0 Å². The van der Waals surface area contributed by atoms with Crippen molar-refractivity contribution in [3.05, 3.63) is 17.0 Å². The van der Waals surface area contributed by atoms with Gasteiger partial charge in [-0.05, 0) is 44.5 Å². The highest BCUT2D eigenvalue weighted by Crippen LogP contribution is 2.17. The van der Waals surface area contributed by atoms with Crippen molar-refractivity contribution in [2.45, 2.75) is 32.2 Å². The Kier molecular flexibility index (Phi) is 2.93. The summed E-state index contributed by atoms with van der Waals surface area (Å²) in [5.74, 6) is 0. The molecule has 0 saturated carbocycles. The molecule has 2 aliphatic heterocycles. The second-order valence-corrected chi connectivity index (χ2v) is 4.85. The highest BCUT2D eigenvalue weighted by Gasteiger charge is 2.17. The van der Waals surface area contributed by atoms with E-state index in [4.69, 9.17) is 0 Å². The standard InChI is InChI=1S/C12H20N4/c1-2-7-16(6-1)8-4-11-10-3-5-13-9-12(10)15-14-11/h13H,1-9H2,(H,14,15). The maximum absolute atomic E-state index is 4.47. The van der Waals surface area contributed by atoms with Crippen LogP contribution < -0.4 is 5.32 Å². The van der Waals surface area contributed by atoms with Crippen LogP contribution in [0.3, 0.4) is 0 Å². The van der Waals surface area contributed by atoms with Gasteiger partial charge in [-0.1, -0.05) is 0 Å². The van der Waals surface area contributed by atoms with Crippen molar-refractivity contribution in [1.29, 1.82) is 0 Å². The maximum Gasteiger partial charge on any atom is 0.0670 e. The summed E-state index contributed by atoms with van der Waals surface area (Å²) < 4.78 is 0. The fourth-order valence-electron chi connectivity index (χ4n) is 2.79. The van der Waals surface area contributed by atoms with Crippen LogP contribution in [0.15, 0.2) is 0 Å². The Labute approximate surface area is 96.4 Å². The molecule has 0 aliphatic carbocycles. The van der Waals surface area contributed by atoms with Crippen LogP contribution in [0.25, 0.3) is 0 Å². The molecule has 3 rings (SSSR count). The van der Waals surface area contributed by atoms with Gasteiger partial charge in [-0.2, -0.15) is 5.10 Å². The molecule has 0 atom stereocenters. The van der Waals surface area contributed by atoms with Gasteiger partial charge in [0.2, 0.25) is 0 Å². The van der Waals surface area contributed by atoms with Gasteiger partial charge < -0.3 is 10.2 Å². The van der Waals surface area contributed by atoms with Gasteiger partial charge in [-0.3, -0.25) is 5.10 Å². The Morgan fingerprint density at radius 3 is 3.00 bits per heavy atom. The molecule has 1 aromatic heterocycles. The topological polar surface area (TPSA) is 44.0 Å². The molecule has 0 bridgehead atoms. The third-order valence-electron chi connectivity index (χ3n) is 3.76. The summed E-state index contributed by atoms with van der Waals surface area (Å²) in [7, 11) is 0. The summed E-state index contributed by atoms with van der Waals surface area (Å²) in [6.07, 6.45) is 5.01. The molecule has 0 aromatic carbocycles. The normalized spacial score (nSPS) is 21.2. The van der Waals surface area contributed by atoms with Crippen LogP contribution in [0.5, 0.6) is 0 Å². The molecule has 0 unspecified atom stereocenters. The predicted molar refractivity (Wildman–Crippen MR) is 63.4 cm³/mol. The van der Waals surface area contributed by atoms with E-state index in [2.05, 4.69) is 20.4 Å². The zero-order chi connectivity index (χ0) is 10.8. The molecule has 1 aromatic rings. The van der Waals surface area contributed by atoms with Gasteiger partial charge in [0, 0.05) is 19.5 Å². The van der Waals surface area contributed by atoms with Crippen molar-refractivity contribution in [2.24, 2.45) is 0 Å². The first-order chi connectivity index (χ1) is 7.93. The summed E-state index contributed by atoms with van der Waals surface area (Å²) in [5, 5.41) is 11.0. The van der Waals surface area contributed by atoms with Crippen LogP contribution in [0.2, 0.25) is 0 Å². The Bertz CT molecular complexity index is 352. The monoisotopic (exact) mass is 220 g/mol. The number of nitrogens with zero attached hydrogens (tertiary/aromatic N) is 2. The van der Waals surface area contributed by atoms with Crippen molar-refractivity contribution in [3.63, 3.8) is 0 Å². The molecular weight excluding hydrogens is 200 g/mol. The second kappa shape index (κ2) is 4.55. The first-order valence-electron chi connectivity index (χ1n) is 6.41. The number of hydrogen-bond acceptors (Lipinski definition) is 3. The van der Waals surface area contributed by atoms with Gasteiger partial charge in [0.1, 0.15) is 0 Å². The third kappa shape index (κ3) is 1.99. The van der Waals surface area contributed by atoms with Gasteiger partial charge in [0.15, 0.2) is 0 Å². The summed E-state index contributed by atoms with van der Waals surface area (Å²) in [6, 6.07) is 0. The Hall–Kier alpha value is -0.870. The number of likely N-dealkylation sites (tertiary alicyclic amines) is 1. The molecule has 3 heterocycles. The van der Waals surface area contributed by atoms with Gasteiger partial charge in [0.25, 0.3) is 0 Å². The minimum Gasteiger partial charge on any atom is -0.311 e. The zero-order valence-corrected chi connectivity index (χ0v) is 9.76. The number of hydrogen-bond donors (Lipinski definition) is 2. The molecule has 1 saturated heterocycles. The Morgan fingerprint density at radius 1 is 1.25 bits per heavy atom. The van der Waals surface area contributed by atoms with Gasteiger partial charge in [-0.15, -0.1) is 0 Å². The number of aromatic amines is 1. The maximum atomic E-state index is 4.47. The van der Waals surface area contributed by atoms with Crippen LogP contribution in [0.1, 0.15) is 29.8 Å². The van der Waals surface area contributed by atoms with Crippen LogP contribution in [-0.2, 0) is 19.4 Å². The minimum atomic E-state index is 0.964. The first kappa shape index (κ1) is 10.3. The summed E-state index contributed by atoms with van der Waals surface area (Å²) in [5.41, 5.74) is 4.10. The summed E-state index contributed by atoms with van der Waals surface area (Å²) >= 11 is 0. The van der Waals surface area contributed by atoms with E-state index in [1.54, 1.807) is 0 Å². The molecule has 1 fully saturated rings. The molecule has 16 heavy (non-hydrogen) atoms. The van der Waals surface area contributed by atoms with E-state index in [0.717, 1.165) is 25.9 Å². The quantitative estimate of drug-likeness (QED) is 0.788. The highest BCUT2D eigenvalue weighted by molar-refractivity contribution is 5.27. The molecule has 4 heteroatoms. The number of nitrogens with one attached hydrogen (secondary N) is 2. The molecule has 4 nitrogen and oxygen atoms in total. The number of aromatic nitrogens is 2.